The largest absolute Gasteiger partial charge is 0.459 e. The summed E-state index contributed by atoms with van der Waals surface area (Å²) in [7, 11) is 0. The zero-order chi connectivity index (χ0) is 22.8. The van der Waals surface area contributed by atoms with Crippen LogP contribution in [-0.2, 0) is 0 Å². The first-order chi connectivity index (χ1) is 15.3. The number of nitrogens with one attached hydrogen (secondary N) is 2. The van der Waals surface area contributed by atoms with E-state index in [4.69, 9.17) is 8.94 Å². The summed E-state index contributed by atoms with van der Waals surface area (Å²) in [5.74, 6) is 0.615. The van der Waals surface area contributed by atoms with Crippen molar-refractivity contribution < 1.29 is 18.5 Å². The first-order valence-electron chi connectivity index (χ1n) is 10.0. The van der Waals surface area contributed by atoms with E-state index in [0.29, 0.717) is 32.8 Å². The number of hydrogen-bond donors (Lipinski definition) is 2. The van der Waals surface area contributed by atoms with Crippen LogP contribution in [0.1, 0.15) is 56.9 Å². The van der Waals surface area contributed by atoms with E-state index < -0.39 is 0 Å². The van der Waals surface area contributed by atoms with Crippen LogP contribution in [0.3, 0.4) is 0 Å². The van der Waals surface area contributed by atoms with Gasteiger partial charge in [-0.05, 0) is 49.2 Å². The molecule has 0 unspecified atom stereocenters. The number of rotatable bonds is 6. The fourth-order valence-corrected chi connectivity index (χ4v) is 4.07. The zero-order valence-corrected chi connectivity index (χ0v) is 18.9. The molecule has 0 aliphatic heterocycles. The highest BCUT2D eigenvalue weighted by atomic mass is 32.1. The first-order valence-corrected chi connectivity index (χ1v) is 10.9. The number of amides is 2. The lowest BCUT2D eigenvalue weighted by atomic mass is 10.1. The maximum atomic E-state index is 13.1. The van der Waals surface area contributed by atoms with Crippen LogP contribution in [0.4, 0.5) is 10.7 Å². The van der Waals surface area contributed by atoms with Crippen molar-refractivity contribution in [2.45, 2.75) is 33.6 Å². The Labute approximate surface area is 188 Å². The molecule has 0 radical (unpaired) electrons. The molecule has 4 rings (SSSR count). The minimum absolute atomic E-state index is 0.124. The maximum absolute atomic E-state index is 13.1. The lowest BCUT2D eigenvalue weighted by Gasteiger charge is -2.11. The van der Waals surface area contributed by atoms with Gasteiger partial charge in [0.15, 0.2) is 11.6 Å². The predicted octanol–water partition coefficient (Wildman–Crippen LogP) is 5.64. The highest BCUT2D eigenvalue weighted by Crippen LogP contribution is 2.33. The Morgan fingerprint density at radius 1 is 1.03 bits per heavy atom. The van der Waals surface area contributed by atoms with Gasteiger partial charge < -0.3 is 19.6 Å². The third kappa shape index (κ3) is 4.33. The second-order valence-corrected chi connectivity index (χ2v) is 8.67. The normalized spacial score (nSPS) is 11.0. The molecule has 0 saturated heterocycles. The quantitative estimate of drug-likeness (QED) is 0.394. The lowest BCUT2D eigenvalue weighted by molar-refractivity contribution is 0.0995. The fourth-order valence-electron chi connectivity index (χ4n) is 3.11. The molecule has 0 bridgehead atoms. The number of nitrogens with zero attached hydrogens (tertiary/aromatic N) is 2. The van der Waals surface area contributed by atoms with Crippen molar-refractivity contribution in [2.75, 3.05) is 10.6 Å². The summed E-state index contributed by atoms with van der Waals surface area (Å²) >= 11 is 1.19. The molecule has 1 aromatic carbocycles. The number of thiophene rings is 1. The van der Waals surface area contributed by atoms with Crippen LogP contribution in [0.25, 0.3) is 11.5 Å². The molecule has 4 aromatic rings. The molecule has 3 heterocycles. The van der Waals surface area contributed by atoms with Gasteiger partial charge in [-0.2, -0.15) is 4.98 Å². The number of benzene rings is 1. The molecule has 3 aromatic heterocycles. The molecule has 2 amide bonds. The number of para-hydroxylation sites is 1. The predicted molar refractivity (Wildman–Crippen MR) is 122 cm³/mol. The molecule has 2 N–H and O–H groups in total. The van der Waals surface area contributed by atoms with Crippen molar-refractivity contribution >= 4 is 33.8 Å². The minimum atomic E-state index is -0.373. The van der Waals surface area contributed by atoms with Crippen LogP contribution < -0.4 is 10.6 Å². The van der Waals surface area contributed by atoms with E-state index in [0.717, 1.165) is 11.1 Å². The molecule has 0 aliphatic carbocycles. The van der Waals surface area contributed by atoms with E-state index in [9.17, 15) is 9.59 Å². The maximum Gasteiger partial charge on any atom is 0.291 e. The average molecular weight is 451 g/mol. The molecular weight excluding hydrogens is 428 g/mol. The van der Waals surface area contributed by atoms with E-state index in [-0.39, 0.29) is 23.5 Å². The number of anilines is 2. The Balaban J connectivity index is 1.58. The monoisotopic (exact) mass is 450 g/mol. The van der Waals surface area contributed by atoms with Crippen molar-refractivity contribution in [1.82, 2.24) is 10.1 Å². The van der Waals surface area contributed by atoms with Gasteiger partial charge in [-0.3, -0.25) is 9.59 Å². The Bertz CT molecular complexity index is 1270. The Morgan fingerprint density at radius 3 is 2.53 bits per heavy atom. The third-order valence-electron chi connectivity index (χ3n) is 4.81. The van der Waals surface area contributed by atoms with Gasteiger partial charge in [0.2, 0.25) is 0 Å². The molecule has 8 nitrogen and oxygen atoms in total. The number of carbonyl (C=O) groups is 2. The standard InChI is InChI=1S/C23H22N4O4S/c1-12(2)20-26-23(31-27-20)15-8-5-7-13(3)18(15)25-22(29)19-14(4)11-17(32-19)24-21(28)16-9-6-10-30-16/h5-12H,1-4H3,(H,24,28)(H,25,29). The van der Waals surface area contributed by atoms with Gasteiger partial charge in [0.25, 0.3) is 17.7 Å². The van der Waals surface area contributed by atoms with Gasteiger partial charge in [-0.1, -0.05) is 31.1 Å². The molecule has 0 aliphatic rings. The molecule has 164 valence electrons. The topological polar surface area (TPSA) is 110 Å². The Hall–Kier alpha value is -3.72. The van der Waals surface area contributed by atoms with E-state index in [1.165, 1.54) is 17.6 Å². The number of carbonyl (C=O) groups excluding carboxylic acids is 2. The van der Waals surface area contributed by atoms with Crippen molar-refractivity contribution in [3.63, 3.8) is 0 Å². The fraction of sp³-hybridized carbons (Fsp3) is 0.217. The van der Waals surface area contributed by atoms with Crippen LogP contribution in [0, 0.1) is 13.8 Å². The highest BCUT2D eigenvalue weighted by molar-refractivity contribution is 7.18. The second kappa shape index (κ2) is 8.80. The van der Waals surface area contributed by atoms with Crippen molar-refractivity contribution in [3.8, 4) is 11.5 Å². The van der Waals surface area contributed by atoms with Crippen LogP contribution in [-0.4, -0.2) is 22.0 Å². The molecule has 0 spiro atoms. The summed E-state index contributed by atoms with van der Waals surface area (Å²) in [6, 6.07) is 10.6. The zero-order valence-electron chi connectivity index (χ0n) is 18.1. The van der Waals surface area contributed by atoms with E-state index >= 15 is 0 Å². The van der Waals surface area contributed by atoms with E-state index in [1.807, 2.05) is 45.9 Å². The van der Waals surface area contributed by atoms with Gasteiger partial charge in [-0.25, -0.2) is 0 Å². The second-order valence-electron chi connectivity index (χ2n) is 7.62. The number of hydrogen-bond acceptors (Lipinski definition) is 7. The summed E-state index contributed by atoms with van der Waals surface area (Å²) in [4.78, 5) is 30.3. The van der Waals surface area contributed by atoms with Crippen molar-refractivity contribution in [2.24, 2.45) is 0 Å². The molecule has 9 heteroatoms. The summed E-state index contributed by atoms with van der Waals surface area (Å²) in [6.07, 6.45) is 1.43. The van der Waals surface area contributed by atoms with Crippen LogP contribution in [0.2, 0.25) is 0 Å². The third-order valence-corrected chi connectivity index (χ3v) is 5.96. The van der Waals surface area contributed by atoms with Crippen molar-refractivity contribution in [3.05, 3.63) is 70.3 Å². The summed E-state index contributed by atoms with van der Waals surface area (Å²) < 4.78 is 10.5. The van der Waals surface area contributed by atoms with Crippen LogP contribution >= 0.6 is 11.3 Å². The van der Waals surface area contributed by atoms with Gasteiger partial charge in [0.1, 0.15) is 0 Å². The SMILES string of the molecule is Cc1cc(NC(=O)c2ccco2)sc1C(=O)Nc1c(C)cccc1-c1nc(C(C)C)no1. The number of aromatic nitrogens is 2. The van der Waals surface area contributed by atoms with Crippen molar-refractivity contribution in [1.29, 1.82) is 0 Å². The molecule has 0 saturated carbocycles. The van der Waals surface area contributed by atoms with E-state index in [1.54, 1.807) is 18.2 Å². The summed E-state index contributed by atoms with van der Waals surface area (Å²) in [6.45, 7) is 7.68. The van der Waals surface area contributed by atoms with E-state index in [2.05, 4.69) is 20.8 Å². The van der Waals surface area contributed by atoms with Gasteiger partial charge in [-0.15, -0.1) is 11.3 Å². The van der Waals surface area contributed by atoms with Gasteiger partial charge >= 0.3 is 0 Å². The summed E-state index contributed by atoms with van der Waals surface area (Å²) in [5, 5.41) is 10.3. The Kier molecular flexibility index (Phi) is 5.91. The molecular formula is C23H22N4O4S. The number of furan rings is 1. The molecule has 0 fully saturated rings. The van der Waals surface area contributed by atoms with Gasteiger partial charge in [0, 0.05) is 5.92 Å². The molecule has 32 heavy (non-hydrogen) atoms. The lowest BCUT2D eigenvalue weighted by Crippen LogP contribution is -2.13. The Morgan fingerprint density at radius 2 is 1.84 bits per heavy atom. The summed E-state index contributed by atoms with van der Waals surface area (Å²) in [5.41, 5.74) is 2.86. The molecule has 0 atom stereocenters. The first kappa shape index (κ1) is 21.5. The van der Waals surface area contributed by atoms with Crippen LogP contribution in [0.15, 0.2) is 51.6 Å². The average Bonchev–Trinajstić information content (AvgIpc) is 3.50. The minimum Gasteiger partial charge on any atom is -0.459 e. The number of aryl methyl sites for hydroxylation is 2. The van der Waals surface area contributed by atoms with Crippen LogP contribution in [0.5, 0.6) is 0 Å². The smallest absolute Gasteiger partial charge is 0.291 e. The van der Waals surface area contributed by atoms with Gasteiger partial charge in [0.05, 0.1) is 27.4 Å². The highest BCUT2D eigenvalue weighted by Gasteiger charge is 2.21.